The minimum atomic E-state index is -2.87. The van der Waals surface area contributed by atoms with Crippen LogP contribution in [0.15, 0.2) is 48.5 Å². The Morgan fingerprint density at radius 2 is 0.833 bits per heavy atom. The van der Waals surface area contributed by atoms with Crippen molar-refractivity contribution >= 4 is 40.0 Å². The zero-order valence-electron chi connectivity index (χ0n) is 12.4. The van der Waals surface area contributed by atoms with Crippen molar-refractivity contribution in [3.63, 3.8) is 0 Å². The van der Waals surface area contributed by atoms with Crippen LogP contribution in [0.25, 0.3) is 12.2 Å². The summed E-state index contributed by atoms with van der Waals surface area (Å²) in [6, 6.07) is 15.5. The summed E-state index contributed by atoms with van der Waals surface area (Å²) < 4.78 is 17.4. The Morgan fingerprint density at radius 1 is 0.625 bits per heavy atom. The molecule has 0 unspecified atom stereocenters. The lowest BCUT2D eigenvalue weighted by Gasteiger charge is -1.96. The van der Waals surface area contributed by atoms with E-state index in [2.05, 4.69) is 0 Å². The van der Waals surface area contributed by atoms with Crippen molar-refractivity contribution in [2.24, 2.45) is 0 Å². The molecule has 0 saturated carbocycles. The SMILES string of the molecule is Nc1ccc(/C=C/c2ccc(N)cc2)cc1.O=[P+](O)O.O=[P+](O)O. The molecule has 0 saturated heterocycles. The molecule has 2 rings (SSSR count). The quantitative estimate of drug-likeness (QED) is 0.265. The molecule has 0 atom stereocenters. The normalized spacial score (nSPS) is 9.33. The monoisotopic (exact) mass is 372 g/mol. The maximum Gasteiger partial charge on any atom is 0.692 e. The van der Waals surface area contributed by atoms with E-state index in [0.29, 0.717) is 0 Å². The molecule has 8 nitrogen and oxygen atoms in total. The van der Waals surface area contributed by atoms with E-state index in [1.165, 1.54) is 0 Å². The van der Waals surface area contributed by atoms with Crippen molar-refractivity contribution in [2.45, 2.75) is 0 Å². The summed E-state index contributed by atoms with van der Waals surface area (Å²) in [6.45, 7) is 0. The highest BCUT2D eigenvalue weighted by Gasteiger charge is 1.93. The Hall–Kier alpha value is -2.18. The summed E-state index contributed by atoms with van der Waals surface area (Å²) in [5, 5.41) is 0. The van der Waals surface area contributed by atoms with Crippen LogP contribution in [-0.4, -0.2) is 19.6 Å². The van der Waals surface area contributed by atoms with Crippen molar-refractivity contribution in [3.05, 3.63) is 59.7 Å². The molecular formula is C14H18N2O6P2+2. The molecule has 2 aromatic rings. The Labute approximate surface area is 140 Å². The molecule has 0 radical (unpaired) electrons. The fourth-order valence-electron chi connectivity index (χ4n) is 1.41. The standard InChI is InChI=1S/C14H14N2.2HO3P/c15-13-7-3-11(4-8-13)1-2-12-5-9-14(16)10-6-12;2*1-4(2)3/h1-10H,15-16H2;2*(H-,1,2,3)/p+2/b2-1+;;. The van der Waals surface area contributed by atoms with Gasteiger partial charge in [-0.25, -0.2) is 0 Å². The second-order valence-electron chi connectivity index (χ2n) is 4.17. The van der Waals surface area contributed by atoms with Gasteiger partial charge in [-0.05, 0) is 35.4 Å². The van der Waals surface area contributed by atoms with Gasteiger partial charge in [0.1, 0.15) is 0 Å². The number of hydrogen-bond donors (Lipinski definition) is 6. The van der Waals surface area contributed by atoms with Crippen molar-refractivity contribution in [1.29, 1.82) is 0 Å². The van der Waals surface area contributed by atoms with Gasteiger partial charge in [0.15, 0.2) is 0 Å². The van der Waals surface area contributed by atoms with E-state index in [4.69, 9.17) is 40.2 Å². The van der Waals surface area contributed by atoms with Crippen LogP contribution in [0.1, 0.15) is 11.1 Å². The first-order valence-electron chi connectivity index (χ1n) is 6.30. The molecular weight excluding hydrogens is 354 g/mol. The van der Waals surface area contributed by atoms with E-state index in [1.807, 2.05) is 60.7 Å². The molecule has 24 heavy (non-hydrogen) atoms. The molecule has 8 N–H and O–H groups in total. The minimum Gasteiger partial charge on any atom is -0.399 e. The van der Waals surface area contributed by atoms with E-state index < -0.39 is 16.5 Å². The van der Waals surface area contributed by atoms with Crippen LogP contribution in [0.2, 0.25) is 0 Å². The number of rotatable bonds is 2. The Morgan fingerprint density at radius 3 is 1.04 bits per heavy atom. The largest absolute Gasteiger partial charge is 0.692 e. The fraction of sp³-hybridized carbons (Fsp3) is 0. The Kier molecular flexibility index (Phi) is 11.2. The lowest BCUT2D eigenvalue weighted by molar-refractivity contribution is 0.403. The molecule has 0 heterocycles. The number of nitrogens with two attached hydrogens (primary N) is 2. The summed E-state index contributed by atoms with van der Waals surface area (Å²) >= 11 is 0. The zero-order chi connectivity index (χ0) is 18.5. The summed E-state index contributed by atoms with van der Waals surface area (Å²) in [7, 11) is -5.74. The van der Waals surface area contributed by atoms with Crippen LogP contribution in [0, 0.1) is 0 Å². The second kappa shape index (κ2) is 12.3. The van der Waals surface area contributed by atoms with E-state index in [9.17, 15) is 0 Å². The maximum absolute atomic E-state index is 8.70. The maximum atomic E-state index is 8.70. The zero-order valence-corrected chi connectivity index (χ0v) is 14.2. The molecule has 0 amide bonds. The predicted molar refractivity (Wildman–Crippen MR) is 94.7 cm³/mol. The third kappa shape index (κ3) is 13.5. The third-order valence-corrected chi connectivity index (χ3v) is 2.34. The lowest BCUT2D eigenvalue weighted by Crippen LogP contribution is -1.83. The highest BCUT2D eigenvalue weighted by Crippen LogP contribution is 2.11. The van der Waals surface area contributed by atoms with Crippen LogP contribution in [0.4, 0.5) is 11.4 Å². The van der Waals surface area contributed by atoms with Gasteiger partial charge in [-0.1, -0.05) is 36.4 Å². The highest BCUT2D eigenvalue weighted by atomic mass is 31.1. The van der Waals surface area contributed by atoms with Crippen LogP contribution in [0.3, 0.4) is 0 Å². The Bertz CT molecular complexity index is 607. The van der Waals surface area contributed by atoms with Crippen LogP contribution < -0.4 is 11.5 Å². The molecule has 0 aliphatic heterocycles. The predicted octanol–water partition coefficient (Wildman–Crippen LogP) is 2.28. The number of anilines is 2. The van der Waals surface area contributed by atoms with Gasteiger partial charge >= 0.3 is 16.5 Å². The van der Waals surface area contributed by atoms with E-state index in [0.717, 1.165) is 22.5 Å². The van der Waals surface area contributed by atoms with Gasteiger partial charge in [-0.15, -0.1) is 19.6 Å². The molecule has 0 spiro atoms. The van der Waals surface area contributed by atoms with Crippen LogP contribution in [0.5, 0.6) is 0 Å². The first kappa shape index (κ1) is 21.8. The Balaban J connectivity index is 0.000000558. The first-order chi connectivity index (χ1) is 11.2. The molecule has 0 aliphatic carbocycles. The molecule has 10 heteroatoms. The number of nitrogen functional groups attached to an aromatic ring is 2. The van der Waals surface area contributed by atoms with Gasteiger partial charge in [-0.3, -0.25) is 0 Å². The summed E-state index contributed by atoms with van der Waals surface area (Å²) in [6.07, 6.45) is 4.09. The average Bonchev–Trinajstić information content (AvgIpc) is 2.47. The smallest absolute Gasteiger partial charge is 0.399 e. The van der Waals surface area contributed by atoms with Crippen molar-refractivity contribution in [2.75, 3.05) is 11.5 Å². The van der Waals surface area contributed by atoms with Gasteiger partial charge in [0, 0.05) is 20.5 Å². The number of benzene rings is 2. The molecule has 0 aliphatic rings. The van der Waals surface area contributed by atoms with Gasteiger partial charge in [0.05, 0.1) is 0 Å². The van der Waals surface area contributed by atoms with Crippen LogP contribution in [-0.2, 0) is 9.13 Å². The van der Waals surface area contributed by atoms with Gasteiger partial charge in [0.2, 0.25) is 0 Å². The minimum absolute atomic E-state index is 0.782. The molecule has 0 aromatic heterocycles. The molecule has 0 bridgehead atoms. The van der Waals surface area contributed by atoms with Gasteiger partial charge < -0.3 is 11.5 Å². The summed E-state index contributed by atoms with van der Waals surface area (Å²) in [4.78, 5) is 28.5. The molecule has 0 fully saturated rings. The van der Waals surface area contributed by atoms with Gasteiger partial charge in [-0.2, -0.15) is 0 Å². The van der Waals surface area contributed by atoms with E-state index in [-0.39, 0.29) is 0 Å². The summed E-state index contributed by atoms with van der Waals surface area (Å²) in [5.41, 5.74) is 15.1. The highest BCUT2D eigenvalue weighted by molar-refractivity contribution is 7.31. The van der Waals surface area contributed by atoms with Gasteiger partial charge in [0.25, 0.3) is 0 Å². The van der Waals surface area contributed by atoms with Crippen molar-refractivity contribution in [1.82, 2.24) is 0 Å². The third-order valence-electron chi connectivity index (χ3n) is 2.34. The van der Waals surface area contributed by atoms with Crippen molar-refractivity contribution in [3.8, 4) is 0 Å². The van der Waals surface area contributed by atoms with E-state index in [1.54, 1.807) is 0 Å². The molecule has 128 valence electrons. The molecule has 2 aromatic carbocycles. The van der Waals surface area contributed by atoms with Crippen LogP contribution >= 0.6 is 16.5 Å². The summed E-state index contributed by atoms with van der Waals surface area (Å²) in [5.74, 6) is 0. The lowest BCUT2D eigenvalue weighted by atomic mass is 10.1. The second-order valence-corrected chi connectivity index (χ2v) is 5.18. The number of hydrogen-bond acceptors (Lipinski definition) is 4. The van der Waals surface area contributed by atoms with Crippen molar-refractivity contribution < 1.29 is 28.7 Å². The van der Waals surface area contributed by atoms with E-state index >= 15 is 0 Å². The first-order valence-corrected chi connectivity index (χ1v) is 8.63. The fourth-order valence-corrected chi connectivity index (χ4v) is 1.41. The topological polar surface area (TPSA) is 167 Å². The average molecular weight is 372 g/mol.